The largest absolute Gasteiger partial charge is 0.462 e. The zero-order valence-electron chi connectivity index (χ0n) is 31.9. The molecule has 0 spiro atoms. The molecule has 0 aliphatic carbocycles. The third-order valence-corrected chi connectivity index (χ3v) is 9.69. The van der Waals surface area contributed by atoms with E-state index in [2.05, 4.69) is 34.6 Å². The van der Waals surface area contributed by atoms with Crippen LogP contribution in [-0.2, 0) is 28.6 Å². The molecular weight excluding hydrogens is 588 g/mol. The summed E-state index contributed by atoms with van der Waals surface area (Å²) in [6.07, 6.45) is 29.5. The Morgan fingerprint density at radius 3 is 1.11 bits per heavy atom. The van der Waals surface area contributed by atoms with Crippen molar-refractivity contribution in [3.63, 3.8) is 0 Å². The zero-order chi connectivity index (χ0) is 34.8. The Labute approximate surface area is 291 Å². The highest BCUT2D eigenvalue weighted by Gasteiger charge is 2.19. The summed E-state index contributed by atoms with van der Waals surface area (Å²) >= 11 is 0. The topological polar surface area (TPSA) is 78.9 Å². The van der Waals surface area contributed by atoms with Gasteiger partial charge in [0.05, 0.1) is 0 Å². The quantitative estimate of drug-likeness (QED) is 0.0380. The highest BCUT2D eigenvalue weighted by atomic mass is 16.6. The minimum absolute atomic E-state index is 0.0673. The molecule has 0 rings (SSSR count). The fraction of sp³-hybridized carbons (Fsp3) is 0.927. The van der Waals surface area contributed by atoms with Gasteiger partial charge in [-0.2, -0.15) is 0 Å². The molecule has 0 saturated heterocycles. The summed E-state index contributed by atoms with van der Waals surface area (Å²) in [7, 11) is 0. The van der Waals surface area contributed by atoms with Crippen LogP contribution in [0, 0.1) is 11.8 Å². The van der Waals surface area contributed by atoms with E-state index >= 15 is 0 Å². The molecule has 0 heterocycles. The molecule has 47 heavy (non-hydrogen) atoms. The second-order valence-corrected chi connectivity index (χ2v) is 14.4. The summed E-state index contributed by atoms with van der Waals surface area (Å²) in [5, 5.41) is 0. The highest BCUT2D eigenvalue weighted by molar-refractivity contribution is 5.71. The van der Waals surface area contributed by atoms with E-state index in [0.717, 1.165) is 69.6 Å². The number of carbonyl (C=O) groups is 3. The van der Waals surface area contributed by atoms with E-state index < -0.39 is 6.10 Å². The minimum Gasteiger partial charge on any atom is -0.462 e. The predicted molar refractivity (Wildman–Crippen MR) is 196 cm³/mol. The lowest BCUT2D eigenvalue weighted by Gasteiger charge is -2.18. The maximum Gasteiger partial charge on any atom is 0.306 e. The fourth-order valence-corrected chi connectivity index (χ4v) is 5.80. The predicted octanol–water partition coefficient (Wildman–Crippen LogP) is 12.2. The monoisotopic (exact) mass is 667 g/mol. The molecule has 2 unspecified atom stereocenters. The number of rotatable bonds is 35. The summed E-state index contributed by atoms with van der Waals surface area (Å²) in [5.41, 5.74) is 0. The zero-order valence-corrected chi connectivity index (χ0v) is 31.9. The van der Waals surface area contributed by atoms with Crippen molar-refractivity contribution < 1.29 is 28.6 Å². The molecule has 0 bridgehead atoms. The summed E-state index contributed by atoms with van der Waals surface area (Å²) in [6, 6.07) is 0. The van der Waals surface area contributed by atoms with Gasteiger partial charge in [0.25, 0.3) is 0 Å². The van der Waals surface area contributed by atoms with Crippen molar-refractivity contribution >= 4 is 17.9 Å². The first-order valence-electron chi connectivity index (χ1n) is 20.3. The molecular formula is C41H78O6. The summed E-state index contributed by atoms with van der Waals surface area (Å²) in [5.74, 6) is 0.787. The third kappa shape index (κ3) is 32.7. The second kappa shape index (κ2) is 34.3. The molecule has 0 fully saturated rings. The van der Waals surface area contributed by atoms with Crippen LogP contribution in [0.15, 0.2) is 0 Å². The number of unbranched alkanes of at least 4 members (excludes halogenated alkanes) is 18. The first-order chi connectivity index (χ1) is 22.8. The van der Waals surface area contributed by atoms with Gasteiger partial charge < -0.3 is 14.2 Å². The van der Waals surface area contributed by atoms with Crippen molar-refractivity contribution in [2.75, 3.05) is 13.2 Å². The molecule has 0 aliphatic rings. The van der Waals surface area contributed by atoms with Gasteiger partial charge in [0, 0.05) is 19.3 Å². The second-order valence-electron chi connectivity index (χ2n) is 14.4. The SMILES string of the molecule is CCCCCCCCCC(=O)O[C@@H](COC(=O)CCCCCCCCCCC(C)CC)COC(=O)CCCCCCCCC(C)CC. The van der Waals surface area contributed by atoms with Crippen LogP contribution >= 0.6 is 0 Å². The van der Waals surface area contributed by atoms with E-state index in [1.165, 1.54) is 103 Å². The Morgan fingerprint density at radius 2 is 0.745 bits per heavy atom. The van der Waals surface area contributed by atoms with Crippen molar-refractivity contribution in [2.45, 2.75) is 221 Å². The van der Waals surface area contributed by atoms with Crippen molar-refractivity contribution in [3.8, 4) is 0 Å². The number of carbonyl (C=O) groups excluding carboxylic acids is 3. The Balaban J connectivity index is 4.33. The molecule has 0 saturated carbocycles. The van der Waals surface area contributed by atoms with Crippen molar-refractivity contribution in [1.82, 2.24) is 0 Å². The van der Waals surface area contributed by atoms with Crippen molar-refractivity contribution in [2.24, 2.45) is 11.8 Å². The van der Waals surface area contributed by atoms with Gasteiger partial charge >= 0.3 is 17.9 Å². The fourth-order valence-electron chi connectivity index (χ4n) is 5.80. The van der Waals surface area contributed by atoms with Crippen LogP contribution in [0.25, 0.3) is 0 Å². The van der Waals surface area contributed by atoms with Gasteiger partial charge in [-0.15, -0.1) is 0 Å². The van der Waals surface area contributed by atoms with Crippen molar-refractivity contribution in [3.05, 3.63) is 0 Å². The van der Waals surface area contributed by atoms with Crippen molar-refractivity contribution in [1.29, 1.82) is 0 Å². The van der Waals surface area contributed by atoms with Gasteiger partial charge in [0.15, 0.2) is 6.10 Å². The summed E-state index contributed by atoms with van der Waals surface area (Å²) in [6.45, 7) is 11.2. The molecule has 3 atom stereocenters. The number of esters is 3. The van der Waals surface area contributed by atoms with Crippen LogP contribution in [0.3, 0.4) is 0 Å². The number of hydrogen-bond acceptors (Lipinski definition) is 6. The van der Waals surface area contributed by atoms with E-state index in [1.807, 2.05) is 0 Å². The summed E-state index contributed by atoms with van der Waals surface area (Å²) < 4.78 is 16.6. The van der Waals surface area contributed by atoms with E-state index in [1.54, 1.807) is 0 Å². The normalized spacial score (nSPS) is 13.2. The minimum atomic E-state index is -0.759. The van der Waals surface area contributed by atoms with Gasteiger partial charge in [-0.25, -0.2) is 0 Å². The third-order valence-electron chi connectivity index (χ3n) is 9.69. The molecule has 278 valence electrons. The first kappa shape index (κ1) is 45.4. The maximum atomic E-state index is 12.5. The molecule has 0 aliphatic heterocycles. The maximum absolute atomic E-state index is 12.5. The standard InChI is InChI=1S/C41H78O6/c1-6-9-10-11-14-23-28-33-41(44)47-38(35-46-40(43)32-27-22-18-17-20-25-30-37(5)8-3)34-45-39(42)31-26-21-16-13-12-15-19-24-29-36(4)7-2/h36-38H,6-35H2,1-5H3/t36?,37?,38-/m0/s1. The number of ether oxygens (including phenoxy) is 3. The molecule has 0 radical (unpaired) electrons. The molecule has 6 nitrogen and oxygen atoms in total. The molecule has 0 aromatic carbocycles. The van der Waals surface area contributed by atoms with E-state index in [0.29, 0.717) is 19.3 Å². The summed E-state index contributed by atoms with van der Waals surface area (Å²) in [4.78, 5) is 37.4. The van der Waals surface area contributed by atoms with Crippen LogP contribution < -0.4 is 0 Å². The van der Waals surface area contributed by atoms with Gasteiger partial charge in [-0.3, -0.25) is 14.4 Å². The molecule has 0 aromatic heterocycles. The van der Waals surface area contributed by atoms with Crippen LogP contribution in [0.2, 0.25) is 0 Å². The number of hydrogen-bond donors (Lipinski definition) is 0. The smallest absolute Gasteiger partial charge is 0.306 e. The van der Waals surface area contributed by atoms with E-state index in [-0.39, 0.29) is 31.1 Å². The van der Waals surface area contributed by atoms with E-state index in [4.69, 9.17) is 14.2 Å². The lowest BCUT2D eigenvalue weighted by Crippen LogP contribution is -2.30. The van der Waals surface area contributed by atoms with Gasteiger partial charge in [-0.1, -0.05) is 176 Å². The molecule has 0 N–H and O–H groups in total. The molecule has 0 amide bonds. The lowest BCUT2D eigenvalue weighted by atomic mass is 9.99. The van der Waals surface area contributed by atoms with Gasteiger partial charge in [0.1, 0.15) is 13.2 Å². The van der Waals surface area contributed by atoms with Crippen LogP contribution in [-0.4, -0.2) is 37.2 Å². The average Bonchev–Trinajstić information content (AvgIpc) is 3.07. The Kier molecular flexibility index (Phi) is 33.1. The lowest BCUT2D eigenvalue weighted by molar-refractivity contribution is -0.167. The average molecular weight is 667 g/mol. The Hall–Kier alpha value is -1.59. The van der Waals surface area contributed by atoms with Crippen LogP contribution in [0.4, 0.5) is 0 Å². The molecule has 0 aromatic rings. The van der Waals surface area contributed by atoms with Gasteiger partial charge in [0.2, 0.25) is 0 Å². The van der Waals surface area contributed by atoms with Crippen LogP contribution in [0.5, 0.6) is 0 Å². The van der Waals surface area contributed by atoms with Gasteiger partial charge in [-0.05, 0) is 31.1 Å². The Bertz CT molecular complexity index is 723. The van der Waals surface area contributed by atoms with Crippen LogP contribution in [0.1, 0.15) is 214 Å². The highest BCUT2D eigenvalue weighted by Crippen LogP contribution is 2.17. The Morgan fingerprint density at radius 1 is 0.426 bits per heavy atom. The first-order valence-corrected chi connectivity index (χ1v) is 20.3. The molecule has 6 heteroatoms. The van der Waals surface area contributed by atoms with E-state index in [9.17, 15) is 14.4 Å².